The van der Waals surface area contributed by atoms with Gasteiger partial charge in [0, 0.05) is 0 Å². The molecule has 0 atom stereocenters. The van der Waals surface area contributed by atoms with Gasteiger partial charge in [0.2, 0.25) is 0 Å². The molecule has 0 radical (unpaired) electrons. The Labute approximate surface area is 77.9 Å². The number of hydrogen-bond donors (Lipinski definition) is 4. The SMILES string of the molecule is O[Si](O)(O)O.[CH2-]CC.[Na+]. The van der Waals surface area contributed by atoms with E-state index >= 15 is 0 Å². The summed E-state index contributed by atoms with van der Waals surface area (Å²) in [6, 6.07) is 0. The van der Waals surface area contributed by atoms with Crippen molar-refractivity contribution in [2.75, 3.05) is 0 Å². The van der Waals surface area contributed by atoms with Crippen LogP contribution in [0.4, 0.5) is 0 Å². The Hall–Kier alpha value is 1.06. The molecule has 0 fully saturated rings. The first-order valence-electron chi connectivity index (χ1n) is 2.10. The summed E-state index contributed by atoms with van der Waals surface area (Å²) in [6.45, 7) is 5.50. The molecule has 0 heterocycles. The summed E-state index contributed by atoms with van der Waals surface area (Å²) >= 11 is 0. The smallest absolute Gasteiger partial charge is 0.368 e. The van der Waals surface area contributed by atoms with Gasteiger partial charge in [0.05, 0.1) is 0 Å². The van der Waals surface area contributed by atoms with E-state index in [1.54, 1.807) is 0 Å². The van der Waals surface area contributed by atoms with E-state index in [1.165, 1.54) is 0 Å². The molecule has 4 nitrogen and oxygen atoms in total. The Bertz CT molecular complexity index is 39.6. The molecule has 0 unspecified atom stereocenters. The van der Waals surface area contributed by atoms with Crippen molar-refractivity contribution in [1.82, 2.24) is 0 Å². The van der Waals surface area contributed by atoms with Gasteiger partial charge in [0.1, 0.15) is 0 Å². The van der Waals surface area contributed by atoms with Crippen LogP contribution in [0.25, 0.3) is 0 Å². The minimum Gasteiger partial charge on any atom is -0.368 e. The van der Waals surface area contributed by atoms with E-state index in [-0.39, 0.29) is 29.6 Å². The molecule has 6 heteroatoms. The first kappa shape index (κ1) is 16.6. The van der Waals surface area contributed by atoms with Crippen molar-refractivity contribution in [3.05, 3.63) is 6.92 Å². The van der Waals surface area contributed by atoms with Gasteiger partial charge in [0.25, 0.3) is 0 Å². The van der Waals surface area contributed by atoms with Gasteiger partial charge in [-0.25, -0.2) is 0 Å². The molecule has 0 aliphatic rings. The van der Waals surface area contributed by atoms with E-state index in [0.717, 1.165) is 6.42 Å². The van der Waals surface area contributed by atoms with Crippen molar-refractivity contribution in [1.29, 1.82) is 0 Å². The zero-order valence-corrected chi connectivity index (χ0v) is 8.70. The molecule has 0 rings (SSSR count). The van der Waals surface area contributed by atoms with Crippen LogP contribution in [0.15, 0.2) is 0 Å². The Morgan fingerprint density at radius 1 is 1.22 bits per heavy atom. The molecule has 0 saturated heterocycles. The molecule has 9 heavy (non-hydrogen) atoms. The monoisotopic (exact) mass is 162 g/mol. The third-order valence-electron chi connectivity index (χ3n) is 0. The largest absolute Gasteiger partial charge is 1.00 e. The molecule has 0 spiro atoms. The van der Waals surface area contributed by atoms with Gasteiger partial charge in [-0.2, -0.15) is 6.42 Å². The predicted octanol–water partition coefficient (Wildman–Crippen LogP) is -4.37. The van der Waals surface area contributed by atoms with Crippen molar-refractivity contribution in [3.63, 3.8) is 0 Å². The van der Waals surface area contributed by atoms with Crippen LogP contribution < -0.4 is 29.6 Å². The minimum atomic E-state index is -4.61. The maximum atomic E-state index is 7.33. The summed E-state index contributed by atoms with van der Waals surface area (Å²) < 4.78 is 0. The number of rotatable bonds is 0. The second-order valence-electron chi connectivity index (χ2n) is 1.10. The van der Waals surface area contributed by atoms with E-state index in [1.807, 2.05) is 6.92 Å². The minimum absolute atomic E-state index is 0. The average molecular weight is 162 g/mol. The molecule has 0 aromatic rings. The van der Waals surface area contributed by atoms with Crippen molar-refractivity contribution in [2.24, 2.45) is 0 Å². The summed E-state index contributed by atoms with van der Waals surface area (Å²) in [5.74, 6) is 0. The zero-order valence-electron chi connectivity index (χ0n) is 5.70. The Balaban J connectivity index is -0.0000000800. The Kier molecular flexibility index (Phi) is 16.7. The van der Waals surface area contributed by atoms with Gasteiger partial charge in [-0.05, 0) is 0 Å². The van der Waals surface area contributed by atoms with E-state index in [9.17, 15) is 0 Å². The summed E-state index contributed by atoms with van der Waals surface area (Å²) in [5.41, 5.74) is 0. The van der Waals surface area contributed by atoms with E-state index in [2.05, 4.69) is 6.92 Å². The molecule has 0 bridgehead atoms. The summed E-state index contributed by atoms with van der Waals surface area (Å²) in [5, 5.41) is 0. The summed E-state index contributed by atoms with van der Waals surface area (Å²) in [7, 11) is -4.61. The predicted molar refractivity (Wildman–Crippen MR) is 30.3 cm³/mol. The van der Waals surface area contributed by atoms with Crippen LogP contribution in [-0.2, 0) is 0 Å². The standard InChI is InChI=1S/C3H7.Na.H4O4Si/c1-3-2;;1-5(2,3)4/h1,3H2,2H3;;1-4H/q-1;+1;. The first-order valence-corrected chi connectivity index (χ1v) is 3.89. The van der Waals surface area contributed by atoms with Gasteiger partial charge >= 0.3 is 38.6 Å². The van der Waals surface area contributed by atoms with Crippen molar-refractivity contribution in [2.45, 2.75) is 13.3 Å². The second kappa shape index (κ2) is 9.06. The fourth-order valence-corrected chi connectivity index (χ4v) is 0. The second-order valence-corrected chi connectivity index (χ2v) is 2.30. The molecular formula is C3H11NaO4Si. The van der Waals surface area contributed by atoms with E-state index in [0.29, 0.717) is 0 Å². The zero-order chi connectivity index (χ0) is 7.21. The van der Waals surface area contributed by atoms with Crippen LogP contribution in [-0.4, -0.2) is 28.2 Å². The van der Waals surface area contributed by atoms with E-state index < -0.39 is 9.05 Å². The van der Waals surface area contributed by atoms with Crippen LogP contribution in [0.2, 0.25) is 0 Å². The fourth-order valence-electron chi connectivity index (χ4n) is 0. The van der Waals surface area contributed by atoms with Crippen LogP contribution in [0, 0.1) is 6.92 Å². The van der Waals surface area contributed by atoms with Crippen molar-refractivity contribution >= 4 is 9.05 Å². The molecule has 4 N–H and O–H groups in total. The van der Waals surface area contributed by atoms with Gasteiger partial charge in [-0.3, -0.25) is 0 Å². The third kappa shape index (κ3) is 404. The molecule has 0 amide bonds. The first-order chi connectivity index (χ1) is 3.41. The molecule has 0 aromatic carbocycles. The molecule has 52 valence electrons. The third-order valence-corrected chi connectivity index (χ3v) is 0. The average Bonchev–Trinajstić information content (AvgIpc) is 1.27. The molecule has 0 aromatic heterocycles. The summed E-state index contributed by atoms with van der Waals surface area (Å²) in [4.78, 5) is 29.3. The van der Waals surface area contributed by atoms with Gasteiger partial charge in [-0.1, -0.05) is 6.92 Å². The van der Waals surface area contributed by atoms with Crippen LogP contribution in [0.1, 0.15) is 13.3 Å². The van der Waals surface area contributed by atoms with Crippen molar-refractivity contribution < 1.29 is 48.7 Å². The Morgan fingerprint density at radius 2 is 1.22 bits per heavy atom. The van der Waals surface area contributed by atoms with E-state index in [4.69, 9.17) is 19.2 Å². The van der Waals surface area contributed by atoms with Crippen LogP contribution >= 0.6 is 0 Å². The normalized spacial score (nSPS) is 8.67. The van der Waals surface area contributed by atoms with Gasteiger partial charge in [0.15, 0.2) is 0 Å². The molecule has 0 saturated carbocycles. The Morgan fingerprint density at radius 3 is 1.22 bits per heavy atom. The maximum absolute atomic E-state index is 7.33. The number of hydrogen-bond acceptors (Lipinski definition) is 4. The van der Waals surface area contributed by atoms with Crippen LogP contribution in [0.3, 0.4) is 0 Å². The summed E-state index contributed by atoms with van der Waals surface area (Å²) in [6.07, 6.45) is 1.00. The van der Waals surface area contributed by atoms with Gasteiger partial charge in [-0.15, -0.1) is 0 Å². The van der Waals surface area contributed by atoms with Gasteiger partial charge < -0.3 is 26.1 Å². The topological polar surface area (TPSA) is 80.9 Å². The van der Waals surface area contributed by atoms with Crippen LogP contribution in [0.5, 0.6) is 0 Å². The molecule has 0 aliphatic heterocycles. The molecule has 0 aliphatic carbocycles. The maximum Gasteiger partial charge on any atom is 1.00 e. The van der Waals surface area contributed by atoms with Crippen molar-refractivity contribution in [3.8, 4) is 0 Å². The quantitative estimate of drug-likeness (QED) is 0.214. The molecular weight excluding hydrogens is 151 g/mol. The fraction of sp³-hybridized carbons (Fsp3) is 0.667.